The minimum atomic E-state index is -4.35. The molecule has 0 radical (unpaired) electrons. The topological polar surface area (TPSA) is 136 Å². The van der Waals surface area contributed by atoms with Gasteiger partial charge in [0.05, 0.1) is 35.2 Å². The highest BCUT2D eigenvalue weighted by atomic mass is 79.9. The molecule has 2 heterocycles. The third-order valence-corrected chi connectivity index (χ3v) is 11.7. The molecule has 2 aliphatic carbocycles. The molecule has 0 bridgehead atoms. The first-order chi connectivity index (χ1) is 33.3. The van der Waals surface area contributed by atoms with E-state index >= 15 is 0 Å². The number of hydrogen-bond donors (Lipinski definition) is 4. The summed E-state index contributed by atoms with van der Waals surface area (Å²) in [7, 11) is 0. The van der Waals surface area contributed by atoms with Crippen LogP contribution in [0.2, 0.25) is 0 Å². The minimum absolute atomic E-state index is 0.0732. The van der Waals surface area contributed by atoms with E-state index in [0.29, 0.717) is 44.7 Å². The van der Waals surface area contributed by atoms with Crippen molar-refractivity contribution in [1.82, 2.24) is 29.7 Å². The van der Waals surface area contributed by atoms with Gasteiger partial charge in [0.1, 0.15) is 40.9 Å². The van der Waals surface area contributed by atoms with Gasteiger partial charge in [-0.05, 0) is 111 Å². The summed E-state index contributed by atoms with van der Waals surface area (Å²) in [6.07, 6.45) is -3.41. The lowest BCUT2D eigenvalue weighted by molar-refractivity contribution is -0.132. The Bertz CT molecular complexity index is 3040. The largest absolute Gasteiger partial charge is 0.457 e. The molecule has 2 aliphatic rings. The van der Waals surface area contributed by atoms with Crippen LogP contribution in [-0.2, 0) is 0 Å². The number of benzene rings is 5. The van der Waals surface area contributed by atoms with Crippen LogP contribution in [0.15, 0.2) is 102 Å². The number of ether oxygens (including phenoxy) is 2. The number of aromatic nitrogens is 4. The van der Waals surface area contributed by atoms with Gasteiger partial charge in [-0.3, -0.25) is 18.7 Å². The van der Waals surface area contributed by atoms with E-state index in [-0.39, 0.29) is 47.7 Å². The number of aryl methyl sites for hydroxylation is 2. The normalized spacial score (nSPS) is 13.8. The molecule has 0 aliphatic heterocycles. The average Bonchev–Trinajstić information content (AvgIpc) is 4.19. The number of fused-ring (bicyclic) bond motifs is 2. The van der Waals surface area contributed by atoms with Crippen molar-refractivity contribution >= 4 is 61.2 Å². The molecule has 9 rings (SSSR count). The highest BCUT2D eigenvalue weighted by Gasteiger charge is 2.29. The number of rotatable bonds is 16. The van der Waals surface area contributed by atoms with Gasteiger partial charge >= 0.3 is 19.0 Å². The van der Waals surface area contributed by atoms with E-state index in [1.165, 1.54) is 36.7 Å². The fraction of sp³-hybridized carbons (Fsp3) is 0.306. The molecular formula is C49H45BrF8N8O4. The average molecular weight is 1040 g/mol. The Labute approximate surface area is 403 Å². The second-order valence-corrected chi connectivity index (χ2v) is 17.8. The summed E-state index contributed by atoms with van der Waals surface area (Å²) in [6.45, 7) is 0.0599. The molecule has 4 N–H and O–H groups in total. The molecule has 368 valence electrons. The standard InChI is InChI=1S/C28H25F5N4O3.C21H20BrF3N4O/c1-16-11-18(7-8-22(16)26(38)36-17-5-6-17)37-15-35-25-23(34-10-9-28(31,32)33)13-21(14-24(25)37)39-19-3-2-4-20(12-19)40-27(29)30;1-12-8-15(4-5-16(12)20(30)28-14-2-3-14)29-11-27-19-17(9-13(22)10-18(19)29)26-7-6-21(23,24)25/h2-4,7-8,11-15,17,27,34H,5-6,9-10H2,1H3,(H,36,38);4-5,8-11,14,26H,2-3,6-7H2,1H3,(H,28,30). The number of nitrogens with zero attached hydrogens (tertiary/aromatic N) is 4. The molecular weight excluding hydrogens is 996 g/mol. The number of hydrogen-bond acceptors (Lipinski definition) is 8. The SMILES string of the molecule is Cc1cc(-n2cnc3c(NCCC(F)(F)F)cc(Br)cc32)ccc1C(=O)NC1CC1.Cc1cc(-n2cnc3c(NCCC(F)(F)F)cc(Oc4cccc(OC(F)F)c4)cc32)ccc1C(=O)NC1CC1. The lowest BCUT2D eigenvalue weighted by Gasteiger charge is -2.14. The summed E-state index contributed by atoms with van der Waals surface area (Å²) in [5.41, 5.74) is 7.31. The summed E-state index contributed by atoms with van der Waals surface area (Å²) < 4.78 is 116. The van der Waals surface area contributed by atoms with Crippen molar-refractivity contribution in [2.75, 3.05) is 23.7 Å². The maximum atomic E-state index is 12.8. The smallest absolute Gasteiger partial charge is 0.390 e. The molecule has 2 amide bonds. The fourth-order valence-corrected chi connectivity index (χ4v) is 7.97. The van der Waals surface area contributed by atoms with Gasteiger partial charge < -0.3 is 30.7 Å². The minimum Gasteiger partial charge on any atom is -0.457 e. The van der Waals surface area contributed by atoms with Crippen LogP contribution >= 0.6 is 15.9 Å². The zero-order valence-corrected chi connectivity index (χ0v) is 39.0. The van der Waals surface area contributed by atoms with Crippen molar-refractivity contribution < 1.29 is 54.2 Å². The highest BCUT2D eigenvalue weighted by molar-refractivity contribution is 9.10. The second kappa shape index (κ2) is 20.6. The van der Waals surface area contributed by atoms with Gasteiger partial charge in [-0.1, -0.05) is 22.0 Å². The molecule has 70 heavy (non-hydrogen) atoms. The number of alkyl halides is 8. The predicted molar refractivity (Wildman–Crippen MR) is 252 cm³/mol. The van der Waals surface area contributed by atoms with E-state index in [1.807, 2.05) is 42.7 Å². The first-order valence-corrected chi connectivity index (χ1v) is 22.9. The maximum absolute atomic E-state index is 12.8. The third-order valence-electron chi connectivity index (χ3n) is 11.2. The molecule has 0 unspecified atom stereocenters. The molecule has 2 saturated carbocycles. The van der Waals surface area contributed by atoms with E-state index in [4.69, 9.17) is 4.74 Å². The van der Waals surface area contributed by atoms with Crippen molar-refractivity contribution in [2.24, 2.45) is 0 Å². The van der Waals surface area contributed by atoms with Gasteiger partial charge in [0.2, 0.25) is 0 Å². The molecule has 5 aromatic carbocycles. The number of carbonyl (C=O) groups excluding carboxylic acids is 2. The van der Waals surface area contributed by atoms with Crippen LogP contribution in [0, 0.1) is 13.8 Å². The van der Waals surface area contributed by atoms with E-state index in [2.05, 4.69) is 51.9 Å². The third kappa shape index (κ3) is 12.8. The summed E-state index contributed by atoms with van der Waals surface area (Å²) in [5, 5.41) is 11.6. The van der Waals surface area contributed by atoms with Gasteiger partial charge in [0.15, 0.2) is 0 Å². The quantitative estimate of drug-likeness (QED) is 0.0703. The zero-order chi connectivity index (χ0) is 49.9. The van der Waals surface area contributed by atoms with Crippen LogP contribution in [0.1, 0.15) is 70.4 Å². The second-order valence-electron chi connectivity index (χ2n) is 16.9. The van der Waals surface area contributed by atoms with Crippen molar-refractivity contribution in [3.05, 3.63) is 124 Å². The maximum Gasteiger partial charge on any atom is 0.390 e. The first kappa shape index (κ1) is 49.5. The molecule has 12 nitrogen and oxygen atoms in total. The van der Waals surface area contributed by atoms with Crippen molar-refractivity contribution in [3.8, 4) is 28.6 Å². The van der Waals surface area contributed by atoms with E-state index in [1.54, 1.807) is 41.2 Å². The lowest BCUT2D eigenvalue weighted by atomic mass is 10.1. The monoisotopic (exact) mass is 1040 g/mol. The number of nitrogens with one attached hydrogen (secondary N) is 4. The summed E-state index contributed by atoms with van der Waals surface area (Å²) in [6, 6.07) is 23.7. The van der Waals surface area contributed by atoms with Gasteiger partial charge in [-0.15, -0.1) is 0 Å². The van der Waals surface area contributed by atoms with Crippen LogP contribution in [0.4, 0.5) is 46.5 Å². The van der Waals surface area contributed by atoms with Crippen LogP contribution in [0.25, 0.3) is 33.4 Å². The van der Waals surface area contributed by atoms with Crippen LogP contribution in [-0.4, -0.2) is 75.1 Å². The van der Waals surface area contributed by atoms with Gasteiger partial charge in [-0.25, -0.2) is 9.97 Å². The Kier molecular flexibility index (Phi) is 14.6. The van der Waals surface area contributed by atoms with Crippen LogP contribution < -0.4 is 30.7 Å². The number of carbonyl (C=O) groups is 2. The Balaban J connectivity index is 0.000000196. The molecule has 21 heteroatoms. The van der Waals surface area contributed by atoms with Crippen molar-refractivity contribution in [1.29, 1.82) is 0 Å². The Morgan fingerprint density at radius 3 is 1.61 bits per heavy atom. The molecule has 0 spiro atoms. The zero-order valence-electron chi connectivity index (χ0n) is 37.5. The Morgan fingerprint density at radius 1 is 0.657 bits per heavy atom. The van der Waals surface area contributed by atoms with Crippen molar-refractivity contribution in [2.45, 2.75) is 83.4 Å². The lowest BCUT2D eigenvalue weighted by Crippen LogP contribution is -2.26. The highest BCUT2D eigenvalue weighted by Crippen LogP contribution is 2.36. The predicted octanol–water partition coefficient (Wildman–Crippen LogP) is 12.3. The van der Waals surface area contributed by atoms with Crippen molar-refractivity contribution in [3.63, 3.8) is 0 Å². The molecule has 2 fully saturated rings. The number of imidazole rings is 2. The van der Waals surface area contributed by atoms with E-state index < -0.39 is 38.4 Å². The van der Waals surface area contributed by atoms with Gasteiger partial charge in [0, 0.05) is 70.3 Å². The molecule has 0 atom stereocenters. The van der Waals surface area contributed by atoms with Crippen LogP contribution in [0.5, 0.6) is 17.2 Å². The Hall–Kier alpha value is -6.90. The van der Waals surface area contributed by atoms with E-state index in [0.717, 1.165) is 52.5 Å². The van der Waals surface area contributed by atoms with Crippen LogP contribution in [0.3, 0.4) is 0 Å². The summed E-state index contributed by atoms with van der Waals surface area (Å²) in [4.78, 5) is 33.7. The molecule has 0 saturated heterocycles. The summed E-state index contributed by atoms with van der Waals surface area (Å²) >= 11 is 3.42. The van der Waals surface area contributed by atoms with E-state index in [9.17, 15) is 44.7 Å². The van der Waals surface area contributed by atoms with Gasteiger partial charge in [0.25, 0.3) is 11.8 Å². The molecule has 2 aromatic heterocycles. The number of halogens is 9. The Morgan fingerprint density at radius 2 is 1.14 bits per heavy atom. The summed E-state index contributed by atoms with van der Waals surface area (Å²) in [5.74, 6) is 0.0908. The fourth-order valence-electron chi connectivity index (χ4n) is 7.53. The van der Waals surface area contributed by atoms with Gasteiger partial charge in [-0.2, -0.15) is 35.1 Å². The first-order valence-electron chi connectivity index (χ1n) is 22.1. The molecule has 7 aromatic rings. The number of anilines is 2. The number of amides is 2.